The fourth-order valence-electron chi connectivity index (χ4n) is 3.82. The smallest absolute Gasteiger partial charge is 0.229 e. The van der Waals surface area contributed by atoms with Crippen molar-refractivity contribution in [2.45, 2.75) is 49.3 Å². The van der Waals surface area contributed by atoms with E-state index in [1.54, 1.807) is 0 Å². The Hall–Kier alpha value is -2.80. The molecule has 174 valence electrons. The number of aliphatic hydroxyl groups excluding tert-OH is 5. The van der Waals surface area contributed by atoms with Gasteiger partial charge >= 0.3 is 0 Å². The number of phenolic OH excluding ortho intramolecular Hbond substituents is 3. The minimum absolute atomic E-state index is 0.00530. The van der Waals surface area contributed by atoms with Crippen molar-refractivity contribution in [3.8, 4) is 28.7 Å². The second-order valence-corrected chi connectivity index (χ2v) is 7.79. The molecule has 0 unspecified atom stereocenters. The number of fused-ring (bicyclic) bond motifs is 1. The van der Waals surface area contributed by atoms with E-state index >= 15 is 0 Å². The van der Waals surface area contributed by atoms with Crippen LogP contribution in [0.2, 0.25) is 0 Å². The second kappa shape index (κ2) is 8.62. The van der Waals surface area contributed by atoms with Gasteiger partial charge in [0.15, 0.2) is 11.5 Å². The van der Waals surface area contributed by atoms with Crippen LogP contribution in [-0.4, -0.2) is 84.3 Å². The molecule has 32 heavy (non-hydrogen) atoms. The largest absolute Gasteiger partial charge is 0.507 e. The van der Waals surface area contributed by atoms with Gasteiger partial charge in [-0.2, -0.15) is 0 Å². The van der Waals surface area contributed by atoms with E-state index in [4.69, 9.17) is 14.2 Å². The van der Waals surface area contributed by atoms with Crippen LogP contribution in [0.25, 0.3) is 0 Å². The van der Waals surface area contributed by atoms with Crippen LogP contribution < -0.4 is 9.47 Å². The highest BCUT2D eigenvalue weighted by atomic mass is 16.7. The molecule has 1 saturated heterocycles. The first kappa shape index (κ1) is 22.4. The van der Waals surface area contributed by atoms with Crippen molar-refractivity contribution in [1.29, 1.82) is 0 Å². The lowest BCUT2D eigenvalue weighted by Crippen LogP contribution is -2.60. The summed E-state index contributed by atoms with van der Waals surface area (Å²) in [7, 11) is 0. The Bertz CT molecular complexity index is 978. The Labute approximate surface area is 181 Å². The minimum atomic E-state index is -1.64. The van der Waals surface area contributed by atoms with Gasteiger partial charge in [-0.05, 0) is 17.7 Å². The highest BCUT2D eigenvalue weighted by molar-refractivity contribution is 5.52. The van der Waals surface area contributed by atoms with Gasteiger partial charge in [-0.15, -0.1) is 0 Å². The maximum atomic E-state index is 10.5. The van der Waals surface area contributed by atoms with Crippen molar-refractivity contribution in [2.75, 3.05) is 6.61 Å². The third kappa shape index (κ3) is 4.01. The number of hydrogen-bond acceptors (Lipinski definition) is 11. The van der Waals surface area contributed by atoms with Crippen LogP contribution in [-0.2, 0) is 11.2 Å². The molecule has 0 aliphatic carbocycles. The Balaban J connectivity index is 1.59. The van der Waals surface area contributed by atoms with Crippen molar-refractivity contribution in [3.63, 3.8) is 0 Å². The summed E-state index contributed by atoms with van der Waals surface area (Å²) in [4.78, 5) is 0. The molecule has 0 amide bonds. The Morgan fingerprint density at radius 3 is 2.31 bits per heavy atom. The summed E-state index contributed by atoms with van der Waals surface area (Å²) in [5.74, 6) is -0.811. The van der Waals surface area contributed by atoms with Gasteiger partial charge < -0.3 is 55.1 Å². The predicted octanol–water partition coefficient (Wildman–Crippen LogP) is -0.981. The zero-order valence-corrected chi connectivity index (χ0v) is 16.6. The molecular weight excluding hydrogens is 428 g/mol. The molecule has 2 aliphatic heterocycles. The zero-order chi connectivity index (χ0) is 23.2. The molecule has 2 aliphatic rings. The molecule has 0 saturated carbocycles. The molecule has 2 aromatic carbocycles. The second-order valence-electron chi connectivity index (χ2n) is 7.79. The molecule has 4 rings (SSSR count). The van der Waals surface area contributed by atoms with Gasteiger partial charge in [0, 0.05) is 24.1 Å². The highest BCUT2D eigenvalue weighted by Crippen LogP contribution is 2.43. The molecule has 11 heteroatoms. The van der Waals surface area contributed by atoms with Crippen LogP contribution in [0, 0.1) is 0 Å². The summed E-state index contributed by atoms with van der Waals surface area (Å²) in [6.07, 6.45) is -9.39. The van der Waals surface area contributed by atoms with E-state index in [1.165, 1.54) is 30.3 Å². The van der Waals surface area contributed by atoms with Crippen LogP contribution in [0.4, 0.5) is 0 Å². The first-order valence-corrected chi connectivity index (χ1v) is 9.89. The Kier molecular flexibility index (Phi) is 6.03. The fourth-order valence-corrected chi connectivity index (χ4v) is 3.82. The molecule has 1 fully saturated rings. The lowest BCUT2D eigenvalue weighted by Gasteiger charge is -2.39. The van der Waals surface area contributed by atoms with E-state index in [2.05, 4.69) is 0 Å². The van der Waals surface area contributed by atoms with Crippen LogP contribution in [0.15, 0.2) is 30.3 Å². The van der Waals surface area contributed by atoms with Gasteiger partial charge in [0.25, 0.3) is 0 Å². The van der Waals surface area contributed by atoms with Gasteiger partial charge in [-0.25, -0.2) is 0 Å². The average molecular weight is 452 g/mol. The summed E-state index contributed by atoms with van der Waals surface area (Å²) in [6.45, 7) is -0.623. The van der Waals surface area contributed by atoms with Crippen molar-refractivity contribution >= 4 is 0 Å². The maximum Gasteiger partial charge on any atom is 0.229 e. The van der Waals surface area contributed by atoms with E-state index in [1.807, 2.05) is 0 Å². The molecule has 0 bridgehead atoms. The summed E-state index contributed by atoms with van der Waals surface area (Å²) < 4.78 is 16.7. The minimum Gasteiger partial charge on any atom is -0.507 e. The molecule has 7 atom stereocenters. The molecule has 2 aromatic rings. The van der Waals surface area contributed by atoms with Crippen molar-refractivity contribution in [3.05, 3.63) is 41.5 Å². The van der Waals surface area contributed by atoms with Crippen LogP contribution in [0.3, 0.4) is 0 Å². The molecule has 8 N–H and O–H groups in total. The highest BCUT2D eigenvalue weighted by Gasteiger charge is 2.45. The SMILES string of the molecule is OC[C@@H]1O[C@H](Oc2cc(O)c3c(c2)O[C@@H](c2ccc(O)c(O)c2)[C@H](O)C3)[C@@H](O)[C@@H](O)[C@H]1O. The lowest BCUT2D eigenvalue weighted by molar-refractivity contribution is -0.277. The number of phenols is 3. The lowest BCUT2D eigenvalue weighted by atomic mass is 9.94. The van der Waals surface area contributed by atoms with Gasteiger partial charge in [-0.1, -0.05) is 6.07 Å². The Morgan fingerprint density at radius 1 is 0.875 bits per heavy atom. The quantitative estimate of drug-likeness (QED) is 0.266. The van der Waals surface area contributed by atoms with Crippen LogP contribution in [0.1, 0.15) is 17.2 Å². The summed E-state index contributed by atoms with van der Waals surface area (Å²) in [5.41, 5.74) is 0.691. The Morgan fingerprint density at radius 2 is 1.62 bits per heavy atom. The van der Waals surface area contributed by atoms with E-state index in [9.17, 15) is 40.9 Å². The normalized spacial score (nSPS) is 32.1. The zero-order valence-electron chi connectivity index (χ0n) is 16.6. The van der Waals surface area contributed by atoms with Gasteiger partial charge in [0.1, 0.15) is 47.8 Å². The molecule has 2 heterocycles. The maximum absolute atomic E-state index is 10.5. The molecule has 0 spiro atoms. The van der Waals surface area contributed by atoms with E-state index in [-0.39, 0.29) is 35.2 Å². The van der Waals surface area contributed by atoms with Gasteiger partial charge in [0.05, 0.1) is 12.7 Å². The van der Waals surface area contributed by atoms with Crippen molar-refractivity contribution in [1.82, 2.24) is 0 Å². The topological polar surface area (TPSA) is 190 Å². The number of hydrogen-bond donors (Lipinski definition) is 8. The van der Waals surface area contributed by atoms with Crippen molar-refractivity contribution in [2.24, 2.45) is 0 Å². The number of ether oxygens (including phenoxy) is 3. The van der Waals surface area contributed by atoms with Gasteiger partial charge in [0.2, 0.25) is 6.29 Å². The van der Waals surface area contributed by atoms with E-state index < -0.39 is 49.5 Å². The van der Waals surface area contributed by atoms with Crippen LogP contribution in [0.5, 0.6) is 28.7 Å². The third-order valence-corrected chi connectivity index (χ3v) is 5.60. The predicted molar refractivity (Wildman–Crippen MR) is 105 cm³/mol. The fraction of sp³-hybridized carbons (Fsp3) is 0.429. The number of rotatable bonds is 4. The van der Waals surface area contributed by atoms with Crippen LogP contribution >= 0.6 is 0 Å². The third-order valence-electron chi connectivity index (χ3n) is 5.60. The molecule has 0 aromatic heterocycles. The van der Waals surface area contributed by atoms with E-state index in [0.717, 1.165) is 0 Å². The molecule has 11 nitrogen and oxygen atoms in total. The number of aromatic hydroxyl groups is 3. The summed E-state index contributed by atoms with van der Waals surface area (Å²) in [5, 5.41) is 79.4. The average Bonchev–Trinajstić information content (AvgIpc) is 2.76. The number of aliphatic hydroxyl groups is 5. The monoisotopic (exact) mass is 452 g/mol. The van der Waals surface area contributed by atoms with E-state index in [0.29, 0.717) is 11.1 Å². The van der Waals surface area contributed by atoms with Gasteiger partial charge in [-0.3, -0.25) is 0 Å². The number of benzene rings is 2. The molecule has 0 radical (unpaired) electrons. The standard InChI is InChI=1S/C21H24O11/c22-7-16-17(27)18(28)19(29)21(32-16)30-9-4-12(24)10-6-14(26)20(31-15(10)5-9)8-1-2-11(23)13(25)3-8/h1-5,14,16-29H,6-7H2/t14-,16+,17+,18+,19+,20+,21+/m1/s1. The first-order chi connectivity index (χ1) is 15.2. The summed E-state index contributed by atoms with van der Waals surface area (Å²) in [6, 6.07) is 6.58. The molecular formula is C21H24O11. The first-order valence-electron chi connectivity index (χ1n) is 9.89. The van der Waals surface area contributed by atoms with Crippen molar-refractivity contribution < 1.29 is 55.1 Å². The summed E-state index contributed by atoms with van der Waals surface area (Å²) >= 11 is 0.